The Balaban J connectivity index is 1.79. The molecule has 3 aromatic rings. The molecule has 0 aliphatic carbocycles. The van der Waals surface area contributed by atoms with Crippen molar-refractivity contribution < 1.29 is 19.0 Å². The zero-order valence-corrected chi connectivity index (χ0v) is 19.9. The number of hydrogen-bond donors (Lipinski definition) is 0. The number of anilines is 1. The zero-order chi connectivity index (χ0) is 24.1. The maximum absolute atomic E-state index is 13.6. The highest BCUT2D eigenvalue weighted by Gasteiger charge is 2.33. The molecule has 174 valence electrons. The lowest BCUT2D eigenvalue weighted by molar-refractivity contribution is -0.113. The molecule has 0 radical (unpaired) electrons. The van der Waals surface area contributed by atoms with Gasteiger partial charge in [0.2, 0.25) is 0 Å². The molecule has 6 nitrogen and oxygen atoms in total. The monoisotopic (exact) mass is 456 g/mol. The number of aliphatic imine (C=N–C) groups is 1. The lowest BCUT2D eigenvalue weighted by atomic mass is 10.1. The highest BCUT2D eigenvalue weighted by molar-refractivity contribution is 6.33. The molecule has 0 bridgehead atoms. The van der Waals surface area contributed by atoms with Crippen molar-refractivity contribution >= 4 is 23.5 Å². The van der Waals surface area contributed by atoms with Crippen molar-refractivity contribution in [2.24, 2.45) is 4.99 Å². The Morgan fingerprint density at radius 1 is 0.912 bits per heavy atom. The molecule has 1 aliphatic heterocycles. The van der Waals surface area contributed by atoms with Crippen LogP contribution >= 0.6 is 0 Å². The van der Waals surface area contributed by atoms with Crippen LogP contribution in [0.15, 0.2) is 77.4 Å². The van der Waals surface area contributed by atoms with Gasteiger partial charge in [-0.3, -0.25) is 9.69 Å². The summed E-state index contributed by atoms with van der Waals surface area (Å²) in [5.74, 6) is 2.43. The minimum Gasteiger partial charge on any atom is -0.497 e. The Hall–Kier alpha value is -4.06. The Labute approximate surface area is 200 Å². The number of amides is 1. The molecule has 0 saturated carbocycles. The van der Waals surface area contributed by atoms with Gasteiger partial charge in [-0.2, -0.15) is 0 Å². The molecule has 3 aromatic carbocycles. The van der Waals surface area contributed by atoms with Crippen molar-refractivity contribution in [3.63, 3.8) is 0 Å². The summed E-state index contributed by atoms with van der Waals surface area (Å²) in [6.07, 6.45) is 1.78. The average Bonchev–Trinajstić information content (AvgIpc) is 3.17. The van der Waals surface area contributed by atoms with E-state index in [0.29, 0.717) is 36.2 Å². The third kappa shape index (κ3) is 4.66. The Morgan fingerprint density at radius 3 is 2.29 bits per heavy atom. The van der Waals surface area contributed by atoms with E-state index in [-0.39, 0.29) is 5.91 Å². The molecule has 0 N–H and O–H groups in total. The van der Waals surface area contributed by atoms with E-state index in [0.717, 1.165) is 28.1 Å². The number of hydrogen-bond acceptors (Lipinski definition) is 5. The van der Waals surface area contributed by atoms with Gasteiger partial charge in [0, 0.05) is 5.56 Å². The summed E-state index contributed by atoms with van der Waals surface area (Å²) in [5, 5.41) is 0. The highest BCUT2D eigenvalue weighted by atomic mass is 16.5. The summed E-state index contributed by atoms with van der Waals surface area (Å²) in [4.78, 5) is 20.0. The van der Waals surface area contributed by atoms with E-state index in [1.54, 1.807) is 18.1 Å². The number of benzene rings is 3. The first-order valence-electron chi connectivity index (χ1n) is 11.3. The topological polar surface area (TPSA) is 60.4 Å². The van der Waals surface area contributed by atoms with Gasteiger partial charge in [0.05, 0.1) is 26.0 Å². The molecule has 0 fully saturated rings. The number of aryl methyl sites for hydroxylation is 1. The molecule has 6 heteroatoms. The van der Waals surface area contributed by atoms with Gasteiger partial charge in [0.25, 0.3) is 5.91 Å². The number of rotatable bonds is 8. The fourth-order valence-corrected chi connectivity index (χ4v) is 3.81. The van der Waals surface area contributed by atoms with Crippen LogP contribution in [0, 0.1) is 6.92 Å². The van der Waals surface area contributed by atoms with Crippen LogP contribution in [0.1, 0.15) is 30.5 Å². The molecule has 1 heterocycles. The number of nitrogens with zero attached hydrogens (tertiary/aromatic N) is 2. The maximum atomic E-state index is 13.6. The Morgan fingerprint density at radius 2 is 1.62 bits per heavy atom. The van der Waals surface area contributed by atoms with E-state index >= 15 is 0 Å². The molecule has 0 unspecified atom stereocenters. The van der Waals surface area contributed by atoms with Crippen molar-refractivity contribution in [3.05, 3.63) is 89.1 Å². The minimum absolute atomic E-state index is 0.199. The van der Waals surface area contributed by atoms with Gasteiger partial charge in [0.1, 0.15) is 17.3 Å². The standard InChI is InChI=1S/C28H28N2O4/c1-5-33-25-16-11-20(18-26(25)34-6-2)17-24-28(31)30(21-12-14-22(32-4)15-13-21)27(29-24)23-10-8-7-9-19(23)3/h7-18H,5-6H2,1-4H3/b24-17-. The third-order valence-electron chi connectivity index (χ3n) is 5.45. The van der Waals surface area contributed by atoms with E-state index in [4.69, 9.17) is 19.2 Å². The second kappa shape index (κ2) is 10.3. The first-order chi connectivity index (χ1) is 16.5. The molecule has 4 rings (SSSR count). The second-order valence-electron chi connectivity index (χ2n) is 7.69. The SMILES string of the molecule is CCOc1ccc(/C=C2\N=C(c3ccccc3C)N(c3ccc(OC)cc3)C2=O)cc1OCC. The summed E-state index contributed by atoms with van der Waals surface area (Å²) >= 11 is 0. The van der Waals surface area contributed by atoms with Gasteiger partial charge < -0.3 is 14.2 Å². The van der Waals surface area contributed by atoms with Gasteiger partial charge in [0.15, 0.2) is 11.5 Å². The van der Waals surface area contributed by atoms with Gasteiger partial charge in [-0.15, -0.1) is 0 Å². The number of ether oxygens (including phenoxy) is 3. The van der Waals surface area contributed by atoms with Crippen molar-refractivity contribution in [1.29, 1.82) is 0 Å². The number of carbonyl (C=O) groups is 1. The number of methoxy groups -OCH3 is 1. The van der Waals surface area contributed by atoms with E-state index in [1.165, 1.54) is 0 Å². The fourth-order valence-electron chi connectivity index (χ4n) is 3.81. The van der Waals surface area contributed by atoms with Crippen LogP contribution in [0.3, 0.4) is 0 Å². The lowest BCUT2D eigenvalue weighted by Gasteiger charge is -2.20. The van der Waals surface area contributed by atoms with Gasteiger partial charge in [-0.25, -0.2) is 4.99 Å². The molecular formula is C28H28N2O4. The van der Waals surface area contributed by atoms with E-state index in [2.05, 4.69) is 0 Å². The largest absolute Gasteiger partial charge is 0.497 e. The van der Waals surface area contributed by atoms with Crippen LogP contribution < -0.4 is 19.1 Å². The summed E-state index contributed by atoms with van der Waals surface area (Å²) in [5.41, 5.74) is 3.81. The lowest BCUT2D eigenvalue weighted by Crippen LogP contribution is -2.33. The summed E-state index contributed by atoms with van der Waals surface area (Å²) in [6.45, 7) is 6.92. The summed E-state index contributed by atoms with van der Waals surface area (Å²) in [7, 11) is 1.62. The molecule has 1 aliphatic rings. The van der Waals surface area contributed by atoms with Crippen LogP contribution in [0.2, 0.25) is 0 Å². The van der Waals surface area contributed by atoms with Crippen molar-refractivity contribution in [2.45, 2.75) is 20.8 Å². The predicted octanol–water partition coefficient (Wildman–Crippen LogP) is 5.64. The van der Waals surface area contributed by atoms with E-state index in [9.17, 15) is 4.79 Å². The van der Waals surface area contributed by atoms with E-state index < -0.39 is 0 Å². The number of amidine groups is 1. The molecular weight excluding hydrogens is 428 g/mol. The average molecular weight is 457 g/mol. The predicted molar refractivity (Wildman–Crippen MR) is 135 cm³/mol. The van der Waals surface area contributed by atoms with Gasteiger partial charge in [-0.05, 0) is 74.4 Å². The Kier molecular flexibility index (Phi) is 6.97. The smallest absolute Gasteiger partial charge is 0.282 e. The van der Waals surface area contributed by atoms with Crippen LogP contribution in [0.5, 0.6) is 17.2 Å². The molecule has 1 amide bonds. The second-order valence-corrected chi connectivity index (χ2v) is 7.69. The normalized spacial score (nSPS) is 14.4. The molecule has 34 heavy (non-hydrogen) atoms. The van der Waals surface area contributed by atoms with Crippen molar-refractivity contribution in [1.82, 2.24) is 0 Å². The number of carbonyl (C=O) groups excluding carboxylic acids is 1. The summed E-state index contributed by atoms with van der Waals surface area (Å²) < 4.78 is 16.7. The first-order valence-corrected chi connectivity index (χ1v) is 11.3. The van der Waals surface area contributed by atoms with Crippen LogP contribution in [0.25, 0.3) is 6.08 Å². The zero-order valence-electron chi connectivity index (χ0n) is 19.9. The van der Waals surface area contributed by atoms with Crippen LogP contribution in [0.4, 0.5) is 5.69 Å². The maximum Gasteiger partial charge on any atom is 0.282 e. The fraction of sp³-hybridized carbons (Fsp3) is 0.214. The van der Waals surface area contributed by atoms with Crippen LogP contribution in [-0.2, 0) is 4.79 Å². The Bertz CT molecular complexity index is 1250. The van der Waals surface area contributed by atoms with Gasteiger partial charge >= 0.3 is 0 Å². The molecule has 0 atom stereocenters. The first kappa shape index (κ1) is 23.1. The third-order valence-corrected chi connectivity index (χ3v) is 5.45. The molecule has 0 saturated heterocycles. The minimum atomic E-state index is -0.199. The molecule has 0 spiro atoms. The summed E-state index contributed by atoms with van der Waals surface area (Å²) in [6, 6.07) is 20.9. The van der Waals surface area contributed by atoms with E-state index in [1.807, 2.05) is 87.5 Å². The van der Waals surface area contributed by atoms with Crippen molar-refractivity contribution in [3.8, 4) is 17.2 Å². The van der Waals surface area contributed by atoms with Crippen molar-refractivity contribution in [2.75, 3.05) is 25.2 Å². The van der Waals surface area contributed by atoms with Gasteiger partial charge in [-0.1, -0.05) is 30.3 Å². The van der Waals surface area contributed by atoms with Crippen LogP contribution in [-0.4, -0.2) is 32.1 Å². The highest BCUT2D eigenvalue weighted by Crippen LogP contribution is 2.32. The molecule has 0 aromatic heterocycles. The quantitative estimate of drug-likeness (QED) is 0.412.